The molecule has 156 valence electrons. The van der Waals surface area contributed by atoms with E-state index < -0.39 is 28.4 Å². The Kier molecular flexibility index (Phi) is 6.36. The Morgan fingerprint density at radius 2 is 1.96 bits per heavy atom. The van der Waals surface area contributed by atoms with E-state index in [4.69, 9.17) is 9.90 Å². The number of carboxylic acids is 1. The molecule has 1 saturated heterocycles. The van der Waals surface area contributed by atoms with Gasteiger partial charge in [0.2, 0.25) is 0 Å². The van der Waals surface area contributed by atoms with Crippen molar-refractivity contribution in [1.82, 2.24) is 13.9 Å². The van der Waals surface area contributed by atoms with Gasteiger partial charge in [0.25, 0.3) is 5.91 Å². The Morgan fingerprint density at radius 3 is 2.46 bits per heavy atom. The molecule has 0 spiro atoms. The van der Waals surface area contributed by atoms with E-state index in [1.54, 1.807) is 6.92 Å². The van der Waals surface area contributed by atoms with Gasteiger partial charge < -0.3 is 10.4 Å². The summed E-state index contributed by atoms with van der Waals surface area (Å²) in [5.41, 5.74) is 3.41. The van der Waals surface area contributed by atoms with Crippen molar-refractivity contribution in [2.24, 2.45) is 0 Å². The van der Waals surface area contributed by atoms with Crippen LogP contribution >= 0.6 is 0 Å². The van der Waals surface area contributed by atoms with Gasteiger partial charge in [-0.15, -0.1) is 0 Å². The lowest BCUT2D eigenvalue weighted by Gasteiger charge is -2.24. The normalized spacial score (nSPS) is 21.7. The van der Waals surface area contributed by atoms with E-state index in [0.717, 1.165) is 29.4 Å². The van der Waals surface area contributed by atoms with Crippen molar-refractivity contribution in [3.05, 3.63) is 34.9 Å². The number of carboxylic acid groups (broad SMARTS) is 1. The number of amides is 1. The predicted molar refractivity (Wildman–Crippen MR) is 92.2 cm³/mol. The van der Waals surface area contributed by atoms with Gasteiger partial charge in [-0.05, 0) is 36.6 Å². The van der Waals surface area contributed by atoms with Crippen LogP contribution in [-0.2, 0) is 39.3 Å². The third kappa shape index (κ3) is 4.45. The number of nitrogens with one attached hydrogen (secondary N) is 1. The van der Waals surface area contributed by atoms with E-state index >= 15 is 0 Å². The van der Waals surface area contributed by atoms with E-state index in [0.29, 0.717) is 0 Å². The topological polar surface area (TPSA) is 107 Å². The summed E-state index contributed by atoms with van der Waals surface area (Å²) in [5.74, 6) is -3.13. The van der Waals surface area contributed by atoms with Crippen LogP contribution in [0.15, 0.2) is 18.2 Å². The number of fused-ring (bicyclic) bond motifs is 1. The molecule has 12 heteroatoms. The molecule has 0 saturated carbocycles. The molecule has 8 nitrogen and oxygen atoms in total. The number of rotatable bonds is 2. The molecule has 2 N–H and O–H groups in total. The van der Waals surface area contributed by atoms with Crippen molar-refractivity contribution in [2.75, 3.05) is 13.6 Å². The zero-order chi connectivity index (χ0) is 21.3. The highest BCUT2D eigenvalue weighted by Crippen LogP contribution is 2.27. The van der Waals surface area contributed by atoms with Crippen LogP contribution in [-0.4, -0.2) is 59.8 Å². The highest BCUT2D eigenvalue weighted by atomic mass is 32.2. The summed E-state index contributed by atoms with van der Waals surface area (Å²) in [5, 5.41) is 10.4. The van der Waals surface area contributed by atoms with Crippen LogP contribution in [0.3, 0.4) is 0 Å². The number of carbonyl (C=O) groups excluding carboxylic acids is 1. The standard InChI is InChI=1S/C14H19N3O3S.C2HF3O2/c1-10-14(18)16(2)21(19,20)17(10)9-12-5-3-4-11-8-15-7-6-13(11)12;3-2(4,5)1(6)7/h3-5,10,15H,6-9H2,1-2H3;(H,6,7). The molecule has 1 amide bonds. The maximum atomic E-state index is 12.3. The molecule has 28 heavy (non-hydrogen) atoms. The van der Waals surface area contributed by atoms with Gasteiger partial charge in [0.1, 0.15) is 6.04 Å². The third-order valence-corrected chi connectivity index (χ3v) is 6.46. The van der Waals surface area contributed by atoms with Crippen molar-refractivity contribution in [3.8, 4) is 0 Å². The number of halogens is 3. The highest BCUT2D eigenvalue weighted by Gasteiger charge is 2.46. The van der Waals surface area contributed by atoms with Gasteiger partial charge >= 0.3 is 22.4 Å². The highest BCUT2D eigenvalue weighted by molar-refractivity contribution is 7.87. The lowest BCUT2D eigenvalue weighted by Crippen LogP contribution is -2.34. The number of hydrogen-bond donors (Lipinski definition) is 2. The number of alkyl halides is 3. The Morgan fingerprint density at radius 1 is 1.36 bits per heavy atom. The quantitative estimate of drug-likeness (QED) is 0.731. The maximum Gasteiger partial charge on any atom is 0.490 e. The minimum atomic E-state index is -5.08. The largest absolute Gasteiger partial charge is 0.490 e. The average molecular weight is 423 g/mol. The minimum Gasteiger partial charge on any atom is -0.475 e. The molecular formula is C16H20F3N3O5S. The van der Waals surface area contributed by atoms with Crippen LogP contribution < -0.4 is 5.32 Å². The summed E-state index contributed by atoms with van der Waals surface area (Å²) in [6, 6.07) is 5.32. The summed E-state index contributed by atoms with van der Waals surface area (Å²) in [6.45, 7) is 3.60. The third-order valence-electron chi connectivity index (χ3n) is 4.55. The number of carbonyl (C=O) groups is 2. The van der Waals surface area contributed by atoms with E-state index in [1.165, 1.54) is 22.5 Å². The molecule has 1 fully saturated rings. The monoisotopic (exact) mass is 423 g/mol. The van der Waals surface area contributed by atoms with Gasteiger partial charge in [-0.1, -0.05) is 18.2 Å². The molecule has 0 radical (unpaired) electrons. The minimum absolute atomic E-state index is 0.253. The van der Waals surface area contributed by atoms with Gasteiger partial charge in [0.15, 0.2) is 0 Å². The maximum absolute atomic E-state index is 12.3. The van der Waals surface area contributed by atoms with Crippen LogP contribution in [0, 0.1) is 0 Å². The molecule has 3 rings (SSSR count). The second-order valence-corrected chi connectivity index (χ2v) is 8.23. The van der Waals surface area contributed by atoms with E-state index in [-0.39, 0.29) is 12.5 Å². The summed E-state index contributed by atoms with van der Waals surface area (Å²) < 4.78 is 58.5. The fraction of sp³-hybridized carbons (Fsp3) is 0.500. The van der Waals surface area contributed by atoms with Gasteiger partial charge in [-0.2, -0.15) is 25.9 Å². The van der Waals surface area contributed by atoms with E-state index in [1.807, 2.05) is 12.1 Å². The number of nitrogens with zero attached hydrogens (tertiary/aromatic N) is 2. The van der Waals surface area contributed by atoms with E-state index in [9.17, 15) is 26.4 Å². The molecule has 2 aliphatic heterocycles. The lowest BCUT2D eigenvalue weighted by molar-refractivity contribution is -0.192. The molecule has 0 aromatic heterocycles. The van der Waals surface area contributed by atoms with Gasteiger partial charge in [0, 0.05) is 20.1 Å². The van der Waals surface area contributed by atoms with Gasteiger partial charge in [-0.25, -0.2) is 9.10 Å². The van der Waals surface area contributed by atoms with Crippen molar-refractivity contribution in [3.63, 3.8) is 0 Å². The molecular weight excluding hydrogens is 403 g/mol. The van der Waals surface area contributed by atoms with Crippen LogP contribution in [0.1, 0.15) is 23.6 Å². The van der Waals surface area contributed by atoms with Crippen LogP contribution in [0.25, 0.3) is 0 Å². The van der Waals surface area contributed by atoms with Crippen LogP contribution in [0.5, 0.6) is 0 Å². The second-order valence-electron chi connectivity index (χ2n) is 6.32. The first-order chi connectivity index (χ1) is 12.9. The van der Waals surface area contributed by atoms with Gasteiger partial charge in [0.05, 0.1) is 0 Å². The molecule has 2 aliphatic rings. The predicted octanol–water partition coefficient (Wildman–Crippen LogP) is 0.873. The molecule has 1 aromatic rings. The van der Waals surface area contributed by atoms with E-state index in [2.05, 4.69) is 11.4 Å². The molecule has 2 heterocycles. The fourth-order valence-corrected chi connectivity index (χ4v) is 4.49. The van der Waals surface area contributed by atoms with Gasteiger partial charge in [-0.3, -0.25) is 4.79 Å². The first kappa shape index (κ1) is 22.1. The zero-order valence-electron chi connectivity index (χ0n) is 15.2. The number of aliphatic carboxylic acids is 1. The molecule has 0 aliphatic carbocycles. The fourth-order valence-electron chi connectivity index (χ4n) is 3.00. The molecule has 1 atom stereocenters. The van der Waals surface area contributed by atoms with Crippen molar-refractivity contribution >= 4 is 22.1 Å². The Labute approximate surface area is 160 Å². The average Bonchev–Trinajstić information content (AvgIpc) is 2.76. The lowest BCUT2D eigenvalue weighted by atomic mass is 9.95. The van der Waals surface area contributed by atoms with Crippen molar-refractivity contribution < 1.29 is 36.3 Å². The van der Waals surface area contributed by atoms with Crippen molar-refractivity contribution in [2.45, 2.75) is 38.7 Å². The molecule has 1 unspecified atom stereocenters. The first-order valence-electron chi connectivity index (χ1n) is 8.27. The zero-order valence-corrected chi connectivity index (χ0v) is 16.0. The summed E-state index contributed by atoms with van der Waals surface area (Å²) >= 11 is 0. The number of benzene rings is 1. The molecule has 1 aromatic carbocycles. The summed E-state index contributed by atoms with van der Waals surface area (Å²) in [4.78, 5) is 20.8. The van der Waals surface area contributed by atoms with Crippen LogP contribution in [0.2, 0.25) is 0 Å². The number of hydrogen-bond acceptors (Lipinski definition) is 5. The summed E-state index contributed by atoms with van der Waals surface area (Å²) in [7, 11) is -2.37. The second kappa shape index (κ2) is 8.05. The smallest absolute Gasteiger partial charge is 0.475 e. The SMILES string of the molecule is CC1C(=O)N(C)S(=O)(=O)N1Cc1cccc2c1CCNC2.O=C(O)C(F)(F)F. The van der Waals surface area contributed by atoms with Crippen molar-refractivity contribution in [1.29, 1.82) is 0 Å². The Balaban J connectivity index is 0.000000345. The Bertz CT molecular complexity index is 873. The van der Waals surface area contributed by atoms with Crippen LogP contribution in [0.4, 0.5) is 13.2 Å². The summed E-state index contributed by atoms with van der Waals surface area (Å²) in [6.07, 6.45) is -4.20. The Hall–Kier alpha value is -2.18. The molecule has 0 bridgehead atoms. The first-order valence-corrected chi connectivity index (χ1v) is 9.67. The number of likely N-dealkylation sites (N-methyl/N-ethyl adjacent to an activating group) is 1.